The Morgan fingerprint density at radius 2 is 2.06 bits per heavy atom. The van der Waals surface area contributed by atoms with E-state index in [0.29, 0.717) is 26.2 Å². The molecule has 16 heavy (non-hydrogen) atoms. The van der Waals surface area contributed by atoms with Crippen LogP contribution in [0.3, 0.4) is 0 Å². The van der Waals surface area contributed by atoms with E-state index in [1.807, 2.05) is 0 Å². The van der Waals surface area contributed by atoms with Gasteiger partial charge in [0, 0.05) is 17.6 Å². The number of aryl methyl sites for hydroxylation is 1. The van der Waals surface area contributed by atoms with Crippen LogP contribution in [0.1, 0.15) is 0 Å². The van der Waals surface area contributed by atoms with Crippen LogP contribution in [0.5, 0.6) is 0 Å². The van der Waals surface area contributed by atoms with Gasteiger partial charge in [-0.05, 0) is 30.4 Å². The maximum absolute atomic E-state index is 6.05. The predicted molar refractivity (Wildman–Crippen MR) is 67.6 cm³/mol. The first-order valence-corrected chi connectivity index (χ1v) is 5.53. The van der Waals surface area contributed by atoms with E-state index in [2.05, 4.69) is 5.10 Å². The lowest BCUT2D eigenvalue weighted by Crippen LogP contribution is -2.10. The molecule has 0 unspecified atom stereocenters. The summed E-state index contributed by atoms with van der Waals surface area (Å²) in [6.45, 7) is 0. The Bertz CT molecular complexity index is 602. The van der Waals surface area contributed by atoms with Crippen molar-refractivity contribution in [3.8, 4) is 11.4 Å². The molecule has 0 spiro atoms. The van der Waals surface area contributed by atoms with Crippen LogP contribution in [0, 0.1) is 4.77 Å². The van der Waals surface area contributed by atoms with Gasteiger partial charge in [-0.3, -0.25) is 0 Å². The molecule has 2 rings (SSSR count). The van der Waals surface area contributed by atoms with Crippen LogP contribution >= 0.6 is 35.4 Å². The largest absolute Gasteiger partial charge is 0.335 e. The van der Waals surface area contributed by atoms with Gasteiger partial charge in [0.1, 0.15) is 0 Å². The minimum Gasteiger partial charge on any atom is -0.335 e. The number of rotatable bonds is 1. The molecule has 0 atom stereocenters. The van der Waals surface area contributed by atoms with Gasteiger partial charge in [-0.25, -0.2) is 9.36 Å². The Morgan fingerprint density at radius 1 is 1.38 bits per heavy atom. The minimum atomic E-state index is 0.408. The monoisotopic (exact) mass is 274 g/mol. The van der Waals surface area contributed by atoms with Crippen molar-refractivity contribution in [1.29, 1.82) is 0 Å². The standard InChI is InChI=1S/C9H8Cl2N4S/c1-14-9(16)15(12)8(13-14)6-4-5(10)2-3-7(6)11/h2-4H,12H2,1H3. The van der Waals surface area contributed by atoms with Crippen LogP contribution in [0.15, 0.2) is 18.2 Å². The van der Waals surface area contributed by atoms with Gasteiger partial charge in [-0.2, -0.15) is 0 Å². The highest BCUT2D eigenvalue weighted by atomic mass is 35.5. The van der Waals surface area contributed by atoms with Gasteiger partial charge >= 0.3 is 0 Å². The van der Waals surface area contributed by atoms with Crippen molar-refractivity contribution in [2.45, 2.75) is 0 Å². The Labute approximate surface area is 107 Å². The third-order valence-corrected chi connectivity index (χ3v) is 3.15. The average Bonchev–Trinajstić information content (AvgIpc) is 2.50. The minimum absolute atomic E-state index is 0.408. The lowest BCUT2D eigenvalue weighted by molar-refractivity contribution is 0.747. The molecule has 0 saturated heterocycles. The quantitative estimate of drug-likeness (QED) is 0.643. The first-order valence-electron chi connectivity index (χ1n) is 4.37. The highest BCUT2D eigenvalue weighted by Gasteiger charge is 2.12. The molecule has 4 nitrogen and oxygen atoms in total. The zero-order chi connectivity index (χ0) is 11.9. The first-order chi connectivity index (χ1) is 7.50. The van der Waals surface area contributed by atoms with Crippen molar-refractivity contribution in [2.24, 2.45) is 7.05 Å². The van der Waals surface area contributed by atoms with E-state index in [1.54, 1.807) is 25.2 Å². The zero-order valence-corrected chi connectivity index (χ0v) is 10.6. The van der Waals surface area contributed by atoms with Crippen molar-refractivity contribution in [2.75, 3.05) is 5.84 Å². The molecule has 0 saturated carbocycles. The summed E-state index contributed by atoms with van der Waals surface area (Å²) in [4.78, 5) is 0. The SMILES string of the molecule is Cn1nc(-c2cc(Cl)ccc2Cl)n(N)c1=S. The molecule has 0 bridgehead atoms. The molecule has 1 aromatic carbocycles. The third kappa shape index (κ3) is 1.81. The maximum atomic E-state index is 6.05. The van der Waals surface area contributed by atoms with Gasteiger partial charge in [0.15, 0.2) is 5.82 Å². The van der Waals surface area contributed by atoms with Crippen LogP contribution in [0.4, 0.5) is 0 Å². The zero-order valence-electron chi connectivity index (χ0n) is 8.32. The summed E-state index contributed by atoms with van der Waals surface area (Å²) in [5.74, 6) is 6.27. The fourth-order valence-electron chi connectivity index (χ4n) is 1.33. The molecule has 1 aromatic heterocycles. The number of nitrogen functional groups attached to an aromatic ring is 1. The van der Waals surface area contributed by atoms with Gasteiger partial charge in [-0.1, -0.05) is 23.2 Å². The molecule has 0 aliphatic carbocycles. The van der Waals surface area contributed by atoms with Gasteiger partial charge in [0.2, 0.25) is 4.77 Å². The summed E-state index contributed by atoms with van der Waals surface area (Å²) in [6.07, 6.45) is 0. The van der Waals surface area contributed by atoms with Crippen LogP contribution in [-0.4, -0.2) is 14.5 Å². The molecule has 0 amide bonds. The maximum Gasteiger partial charge on any atom is 0.216 e. The van der Waals surface area contributed by atoms with E-state index in [0.717, 1.165) is 0 Å². The fourth-order valence-corrected chi connectivity index (χ4v) is 1.83. The summed E-state index contributed by atoms with van der Waals surface area (Å²) in [5.41, 5.74) is 0.656. The number of nitrogens with two attached hydrogens (primary N) is 1. The van der Waals surface area contributed by atoms with Crippen LogP contribution in [-0.2, 0) is 7.05 Å². The first kappa shape index (κ1) is 11.4. The number of hydrogen-bond acceptors (Lipinski definition) is 3. The van der Waals surface area contributed by atoms with E-state index in [1.165, 1.54) is 9.36 Å². The second kappa shape index (κ2) is 4.08. The second-order valence-corrected chi connectivity index (χ2v) is 4.43. The van der Waals surface area contributed by atoms with Gasteiger partial charge in [0.25, 0.3) is 0 Å². The van der Waals surface area contributed by atoms with E-state index in [-0.39, 0.29) is 0 Å². The van der Waals surface area contributed by atoms with Crippen molar-refractivity contribution < 1.29 is 0 Å². The number of benzene rings is 1. The van der Waals surface area contributed by atoms with Crippen molar-refractivity contribution >= 4 is 35.4 Å². The number of nitrogens with zero attached hydrogens (tertiary/aromatic N) is 3. The van der Waals surface area contributed by atoms with Gasteiger partial charge < -0.3 is 5.84 Å². The normalized spacial score (nSPS) is 10.7. The number of hydrogen-bond donors (Lipinski definition) is 1. The molecular weight excluding hydrogens is 267 g/mol. The van der Waals surface area contributed by atoms with Crippen molar-refractivity contribution in [3.63, 3.8) is 0 Å². The number of aromatic nitrogens is 3. The fraction of sp³-hybridized carbons (Fsp3) is 0.111. The molecule has 1 heterocycles. The van der Waals surface area contributed by atoms with E-state index in [9.17, 15) is 0 Å². The molecular formula is C9H8Cl2N4S. The van der Waals surface area contributed by atoms with Crippen LogP contribution in [0.25, 0.3) is 11.4 Å². The molecule has 7 heteroatoms. The van der Waals surface area contributed by atoms with Gasteiger partial charge in [0.05, 0.1) is 5.02 Å². The second-order valence-electron chi connectivity index (χ2n) is 3.22. The van der Waals surface area contributed by atoms with Crippen LogP contribution < -0.4 is 5.84 Å². The molecule has 0 radical (unpaired) electrons. The molecule has 0 aliphatic rings. The average molecular weight is 275 g/mol. The van der Waals surface area contributed by atoms with Crippen molar-refractivity contribution in [3.05, 3.63) is 33.0 Å². The van der Waals surface area contributed by atoms with Crippen LogP contribution in [0.2, 0.25) is 10.0 Å². The summed E-state index contributed by atoms with van der Waals surface area (Å²) >= 11 is 17.0. The summed E-state index contributed by atoms with van der Waals surface area (Å²) < 4.78 is 3.21. The van der Waals surface area contributed by atoms with Crippen molar-refractivity contribution in [1.82, 2.24) is 14.5 Å². The Hall–Kier alpha value is -1.04. The highest BCUT2D eigenvalue weighted by Crippen LogP contribution is 2.28. The van der Waals surface area contributed by atoms with E-state index < -0.39 is 0 Å². The molecule has 84 valence electrons. The summed E-state index contributed by atoms with van der Waals surface area (Å²) in [6, 6.07) is 5.09. The van der Waals surface area contributed by atoms with E-state index >= 15 is 0 Å². The topological polar surface area (TPSA) is 48.8 Å². The number of halogens is 2. The lowest BCUT2D eigenvalue weighted by atomic mass is 10.2. The lowest BCUT2D eigenvalue weighted by Gasteiger charge is -2.03. The molecule has 2 N–H and O–H groups in total. The molecule has 2 aromatic rings. The Balaban J connectivity index is 2.72. The highest BCUT2D eigenvalue weighted by molar-refractivity contribution is 7.71. The Morgan fingerprint density at radius 3 is 2.62 bits per heavy atom. The predicted octanol–water partition coefficient (Wildman–Crippen LogP) is 2.64. The summed E-state index contributed by atoms with van der Waals surface area (Å²) in [5, 5.41) is 5.28. The molecule has 0 fully saturated rings. The Kier molecular flexibility index (Phi) is 2.92. The smallest absolute Gasteiger partial charge is 0.216 e. The molecule has 0 aliphatic heterocycles. The third-order valence-electron chi connectivity index (χ3n) is 2.13. The van der Waals surface area contributed by atoms with E-state index in [4.69, 9.17) is 41.3 Å². The van der Waals surface area contributed by atoms with Gasteiger partial charge in [-0.15, -0.1) is 5.10 Å². The summed E-state index contributed by atoms with van der Waals surface area (Å²) in [7, 11) is 1.72.